The van der Waals surface area contributed by atoms with Crippen LogP contribution in [0, 0.1) is 6.92 Å². The summed E-state index contributed by atoms with van der Waals surface area (Å²) in [6.07, 6.45) is 0.398. The maximum absolute atomic E-state index is 11.7. The molecule has 104 valence electrons. The van der Waals surface area contributed by atoms with E-state index >= 15 is 0 Å². The lowest BCUT2D eigenvalue weighted by atomic mass is 10.0. The summed E-state index contributed by atoms with van der Waals surface area (Å²) in [6, 6.07) is 7.01. The summed E-state index contributed by atoms with van der Waals surface area (Å²) < 4.78 is 9.44. The molecule has 0 aromatic heterocycles. The van der Waals surface area contributed by atoms with E-state index in [2.05, 4.69) is 5.32 Å². The highest BCUT2D eigenvalue weighted by Crippen LogP contribution is 2.10. The van der Waals surface area contributed by atoms with Gasteiger partial charge in [0.25, 0.3) is 0 Å². The normalized spacial score (nSPS) is 11.7. The lowest BCUT2D eigenvalue weighted by molar-refractivity contribution is -0.145. The van der Waals surface area contributed by atoms with Crippen molar-refractivity contribution in [2.75, 3.05) is 20.8 Å². The maximum Gasteiger partial charge on any atom is 0.328 e. The Hall–Kier alpha value is -1.88. The van der Waals surface area contributed by atoms with Crippen molar-refractivity contribution in [2.24, 2.45) is 0 Å². The molecular weight excluding hydrogens is 246 g/mol. The second kappa shape index (κ2) is 7.53. The number of hydrogen-bond donors (Lipinski definition) is 1. The maximum atomic E-state index is 11.7. The second-order valence-electron chi connectivity index (χ2n) is 4.21. The summed E-state index contributed by atoms with van der Waals surface area (Å²) in [7, 11) is 2.73. The van der Waals surface area contributed by atoms with Crippen LogP contribution in [0.1, 0.15) is 11.1 Å². The first kappa shape index (κ1) is 15.2. The number of ether oxygens (including phenoxy) is 2. The van der Waals surface area contributed by atoms with Crippen molar-refractivity contribution in [3.05, 3.63) is 35.4 Å². The molecule has 0 unspecified atom stereocenters. The van der Waals surface area contributed by atoms with Gasteiger partial charge in [0.2, 0.25) is 5.91 Å². The van der Waals surface area contributed by atoms with Crippen molar-refractivity contribution >= 4 is 11.9 Å². The molecule has 1 rings (SSSR count). The quantitative estimate of drug-likeness (QED) is 0.774. The SMILES string of the molecule is COCC(=O)N[C@@H](Cc1ccccc1C)C(=O)OC. The molecule has 1 amide bonds. The van der Waals surface area contributed by atoms with Gasteiger partial charge in [-0.15, -0.1) is 0 Å². The Bertz CT molecular complexity index is 445. The Morgan fingerprint density at radius 3 is 2.53 bits per heavy atom. The van der Waals surface area contributed by atoms with Gasteiger partial charge in [0.05, 0.1) is 7.11 Å². The van der Waals surface area contributed by atoms with Gasteiger partial charge < -0.3 is 14.8 Å². The van der Waals surface area contributed by atoms with E-state index in [1.807, 2.05) is 31.2 Å². The van der Waals surface area contributed by atoms with Gasteiger partial charge in [-0.05, 0) is 18.1 Å². The summed E-state index contributed by atoms with van der Waals surface area (Å²) in [5.74, 6) is -0.806. The molecule has 0 bridgehead atoms. The number of esters is 1. The van der Waals surface area contributed by atoms with Crippen molar-refractivity contribution in [3.63, 3.8) is 0 Å². The molecule has 5 heteroatoms. The predicted octanol–water partition coefficient (Wildman–Crippen LogP) is 0.842. The highest BCUT2D eigenvalue weighted by molar-refractivity contribution is 5.85. The van der Waals surface area contributed by atoms with Crippen LogP contribution in [0.3, 0.4) is 0 Å². The molecule has 0 aliphatic carbocycles. The van der Waals surface area contributed by atoms with Crippen LogP contribution in [-0.4, -0.2) is 38.7 Å². The summed E-state index contributed by atoms with van der Waals surface area (Å²) in [4.78, 5) is 23.2. The van der Waals surface area contributed by atoms with Crippen LogP contribution in [-0.2, 0) is 25.5 Å². The first-order chi connectivity index (χ1) is 9.08. The van der Waals surface area contributed by atoms with Crippen LogP contribution < -0.4 is 5.32 Å². The fraction of sp³-hybridized carbons (Fsp3) is 0.429. The number of carbonyl (C=O) groups excluding carboxylic acids is 2. The molecule has 19 heavy (non-hydrogen) atoms. The minimum Gasteiger partial charge on any atom is -0.467 e. The smallest absolute Gasteiger partial charge is 0.328 e. The van der Waals surface area contributed by atoms with Crippen LogP contribution in [0.15, 0.2) is 24.3 Å². The van der Waals surface area contributed by atoms with Crippen molar-refractivity contribution in [1.29, 1.82) is 0 Å². The summed E-state index contributed by atoms with van der Waals surface area (Å²) in [5, 5.41) is 2.61. The third-order valence-corrected chi connectivity index (χ3v) is 2.78. The van der Waals surface area contributed by atoms with E-state index in [1.54, 1.807) is 0 Å². The molecule has 1 aromatic carbocycles. The molecule has 0 aliphatic heterocycles. The van der Waals surface area contributed by atoms with E-state index in [-0.39, 0.29) is 12.5 Å². The Balaban J connectivity index is 2.78. The molecule has 0 radical (unpaired) electrons. The minimum absolute atomic E-state index is 0.0821. The summed E-state index contributed by atoms with van der Waals surface area (Å²) in [6.45, 7) is 1.88. The Kier molecular flexibility index (Phi) is 6.02. The van der Waals surface area contributed by atoms with Crippen LogP contribution in [0.25, 0.3) is 0 Å². The molecule has 0 fully saturated rings. The molecule has 1 atom stereocenters. The van der Waals surface area contributed by atoms with E-state index in [0.717, 1.165) is 11.1 Å². The highest BCUT2D eigenvalue weighted by Gasteiger charge is 2.22. The second-order valence-corrected chi connectivity index (χ2v) is 4.21. The zero-order valence-corrected chi connectivity index (χ0v) is 11.4. The number of amides is 1. The average Bonchev–Trinajstić information content (AvgIpc) is 2.39. The van der Waals surface area contributed by atoms with E-state index in [9.17, 15) is 9.59 Å². The number of aryl methyl sites for hydroxylation is 1. The minimum atomic E-state index is -0.700. The third-order valence-electron chi connectivity index (χ3n) is 2.78. The van der Waals surface area contributed by atoms with Gasteiger partial charge in [0.1, 0.15) is 12.6 Å². The third kappa shape index (κ3) is 4.71. The van der Waals surface area contributed by atoms with Gasteiger partial charge in [0, 0.05) is 13.5 Å². The number of hydrogen-bond acceptors (Lipinski definition) is 4. The number of methoxy groups -OCH3 is 2. The van der Waals surface area contributed by atoms with E-state index in [1.165, 1.54) is 14.2 Å². The fourth-order valence-corrected chi connectivity index (χ4v) is 1.76. The molecule has 0 saturated carbocycles. The van der Waals surface area contributed by atoms with Crippen molar-refractivity contribution in [3.8, 4) is 0 Å². The topological polar surface area (TPSA) is 64.6 Å². The lowest BCUT2D eigenvalue weighted by Gasteiger charge is -2.17. The van der Waals surface area contributed by atoms with E-state index in [0.29, 0.717) is 6.42 Å². The largest absolute Gasteiger partial charge is 0.467 e. The highest BCUT2D eigenvalue weighted by atomic mass is 16.5. The van der Waals surface area contributed by atoms with Gasteiger partial charge in [-0.25, -0.2) is 4.79 Å². The van der Waals surface area contributed by atoms with Crippen LogP contribution in [0.2, 0.25) is 0 Å². The Morgan fingerprint density at radius 2 is 1.95 bits per heavy atom. The van der Waals surface area contributed by atoms with E-state index < -0.39 is 12.0 Å². The molecular formula is C14H19NO4. The lowest BCUT2D eigenvalue weighted by Crippen LogP contribution is -2.44. The molecule has 0 saturated heterocycles. The zero-order valence-electron chi connectivity index (χ0n) is 11.4. The molecule has 0 heterocycles. The Labute approximate surface area is 112 Å². The van der Waals surface area contributed by atoms with Crippen molar-refractivity contribution < 1.29 is 19.1 Å². The van der Waals surface area contributed by atoms with Gasteiger partial charge in [-0.2, -0.15) is 0 Å². The van der Waals surface area contributed by atoms with Crippen molar-refractivity contribution in [1.82, 2.24) is 5.32 Å². The molecule has 0 aliphatic rings. The average molecular weight is 265 g/mol. The first-order valence-electron chi connectivity index (χ1n) is 5.99. The molecule has 1 aromatic rings. The standard InChI is InChI=1S/C14H19NO4/c1-10-6-4-5-7-11(10)8-12(14(17)19-3)15-13(16)9-18-2/h4-7,12H,8-9H2,1-3H3,(H,15,16)/t12-/m0/s1. The number of nitrogens with one attached hydrogen (secondary N) is 1. The first-order valence-corrected chi connectivity index (χ1v) is 5.99. The fourth-order valence-electron chi connectivity index (χ4n) is 1.76. The molecule has 1 N–H and O–H groups in total. The van der Waals surface area contributed by atoms with Gasteiger partial charge >= 0.3 is 5.97 Å². The van der Waals surface area contributed by atoms with E-state index in [4.69, 9.17) is 9.47 Å². The van der Waals surface area contributed by atoms with Crippen molar-refractivity contribution in [2.45, 2.75) is 19.4 Å². The van der Waals surface area contributed by atoms with Crippen LogP contribution >= 0.6 is 0 Å². The number of rotatable bonds is 6. The number of benzene rings is 1. The summed E-state index contributed by atoms with van der Waals surface area (Å²) in [5.41, 5.74) is 2.06. The molecule has 5 nitrogen and oxygen atoms in total. The van der Waals surface area contributed by atoms with Crippen LogP contribution in [0.5, 0.6) is 0 Å². The Morgan fingerprint density at radius 1 is 1.26 bits per heavy atom. The van der Waals surface area contributed by atoms with Gasteiger partial charge in [0.15, 0.2) is 0 Å². The predicted molar refractivity (Wildman–Crippen MR) is 70.7 cm³/mol. The van der Waals surface area contributed by atoms with Crippen LogP contribution in [0.4, 0.5) is 0 Å². The summed E-state index contributed by atoms with van der Waals surface area (Å²) >= 11 is 0. The monoisotopic (exact) mass is 265 g/mol. The van der Waals surface area contributed by atoms with Gasteiger partial charge in [-0.1, -0.05) is 24.3 Å². The zero-order chi connectivity index (χ0) is 14.3. The molecule has 0 spiro atoms. The van der Waals surface area contributed by atoms with Gasteiger partial charge in [-0.3, -0.25) is 4.79 Å². The number of carbonyl (C=O) groups is 2.